The molecule has 0 fully saturated rings. The Labute approximate surface area is 181 Å². The summed E-state index contributed by atoms with van der Waals surface area (Å²) in [4.78, 5) is 17.0. The Morgan fingerprint density at radius 2 is 1.70 bits per heavy atom. The highest BCUT2D eigenvalue weighted by molar-refractivity contribution is 5.90. The Bertz CT molecular complexity index is 777. The summed E-state index contributed by atoms with van der Waals surface area (Å²) in [5.74, 6) is 0.685. The van der Waals surface area contributed by atoms with Gasteiger partial charge in [-0.2, -0.15) is 0 Å². The average molecular weight is 413 g/mol. The van der Waals surface area contributed by atoms with Crippen molar-refractivity contribution >= 4 is 11.7 Å². The number of amides is 2. The second-order valence-corrected chi connectivity index (χ2v) is 7.33. The molecule has 0 heterocycles. The number of urea groups is 1. The van der Waals surface area contributed by atoms with Crippen LogP contribution in [0.25, 0.3) is 0 Å². The molecule has 30 heavy (non-hydrogen) atoms. The van der Waals surface area contributed by atoms with Gasteiger partial charge in [0.1, 0.15) is 12.4 Å². The van der Waals surface area contributed by atoms with Gasteiger partial charge in [-0.15, -0.1) is 0 Å². The topological polar surface area (TPSA) is 56.8 Å². The molecule has 0 spiro atoms. The van der Waals surface area contributed by atoms with E-state index in [1.54, 1.807) is 0 Å². The maximum absolute atomic E-state index is 12.4. The minimum atomic E-state index is -0.245. The van der Waals surface area contributed by atoms with Crippen molar-refractivity contribution in [3.05, 3.63) is 59.7 Å². The number of hydrogen-bond acceptors (Lipinski definition) is 4. The first-order valence-corrected chi connectivity index (χ1v) is 10.8. The van der Waals surface area contributed by atoms with Crippen molar-refractivity contribution in [1.29, 1.82) is 0 Å². The normalized spacial score (nSPS) is 11.0. The third kappa shape index (κ3) is 8.05. The molecule has 0 bridgehead atoms. The Morgan fingerprint density at radius 3 is 2.43 bits per heavy atom. The van der Waals surface area contributed by atoms with Gasteiger partial charge in [-0.05, 0) is 49.9 Å². The van der Waals surface area contributed by atoms with Gasteiger partial charge in [0.15, 0.2) is 0 Å². The lowest BCUT2D eigenvalue weighted by molar-refractivity contribution is 0.223. The van der Waals surface area contributed by atoms with Gasteiger partial charge in [0.2, 0.25) is 0 Å². The minimum Gasteiger partial charge on any atom is -0.490 e. The summed E-state index contributed by atoms with van der Waals surface area (Å²) < 4.78 is 5.91. The number of rotatable bonds is 12. The van der Waals surface area contributed by atoms with Crippen molar-refractivity contribution in [2.45, 2.75) is 33.9 Å². The summed E-state index contributed by atoms with van der Waals surface area (Å²) in [6, 6.07) is 15.6. The molecule has 2 aromatic rings. The summed E-state index contributed by atoms with van der Waals surface area (Å²) in [5, 5.41) is 5.84. The van der Waals surface area contributed by atoms with E-state index < -0.39 is 0 Å². The number of likely N-dealkylation sites (N-methyl/N-ethyl adjacent to an activating group) is 1. The van der Waals surface area contributed by atoms with E-state index in [9.17, 15) is 4.79 Å². The molecule has 0 radical (unpaired) electrons. The molecule has 2 amide bonds. The van der Waals surface area contributed by atoms with E-state index in [0.29, 0.717) is 24.6 Å². The average Bonchev–Trinajstić information content (AvgIpc) is 2.76. The van der Waals surface area contributed by atoms with Crippen molar-refractivity contribution in [3.63, 3.8) is 0 Å². The van der Waals surface area contributed by atoms with Gasteiger partial charge in [-0.25, -0.2) is 4.79 Å². The van der Waals surface area contributed by atoms with Crippen molar-refractivity contribution in [2.75, 3.05) is 45.2 Å². The standard InChI is InChI=1S/C24H36N4O2/c1-5-27(4)19-21-12-10-11-20(17-21)18-25-24(29)26-22-13-8-9-14-23(22)30-16-15-28(6-2)7-3/h8-14,17H,5-7,15-16,18-19H2,1-4H3,(H2,25,26,29). The van der Waals surface area contributed by atoms with E-state index in [2.05, 4.69) is 60.4 Å². The molecule has 0 aliphatic carbocycles. The van der Waals surface area contributed by atoms with Gasteiger partial charge in [0, 0.05) is 19.6 Å². The van der Waals surface area contributed by atoms with Gasteiger partial charge < -0.3 is 25.2 Å². The van der Waals surface area contributed by atoms with Gasteiger partial charge >= 0.3 is 6.03 Å². The molecule has 0 atom stereocenters. The molecule has 164 valence electrons. The molecule has 6 nitrogen and oxygen atoms in total. The molecular formula is C24H36N4O2. The summed E-state index contributed by atoms with van der Waals surface area (Å²) in [5.41, 5.74) is 3.00. The van der Waals surface area contributed by atoms with E-state index >= 15 is 0 Å². The van der Waals surface area contributed by atoms with Crippen LogP contribution in [0.3, 0.4) is 0 Å². The fourth-order valence-electron chi connectivity index (χ4n) is 3.13. The van der Waals surface area contributed by atoms with Crippen LogP contribution in [0.4, 0.5) is 10.5 Å². The molecule has 2 N–H and O–H groups in total. The quantitative estimate of drug-likeness (QED) is 0.549. The van der Waals surface area contributed by atoms with Crippen LogP contribution in [0, 0.1) is 0 Å². The molecule has 2 rings (SSSR count). The first-order chi connectivity index (χ1) is 14.5. The van der Waals surface area contributed by atoms with Crippen LogP contribution in [0.5, 0.6) is 5.75 Å². The fraction of sp³-hybridized carbons (Fsp3) is 0.458. The van der Waals surface area contributed by atoms with Crippen LogP contribution in [-0.2, 0) is 13.1 Å². The molecule has 0 aromatic heterocycles. The van der Waals surface area contributed by atoms with Crippen LogP contribution in [-0.4, -0.2) is 55.7 Å². The molecule has 0 aliphatic rings. The van der Waals surface area contributed by atoms with E-state index in [-0.39, 0.29) is 6.03 Å². The molecule has 2 aromatic carbocycles. The number of carbonyl (C=O) groups excluding carboxylic acids is 1. The Kier molecular flexibility index (Phi) is 10.2. The monoisotopic (exact) mass is 412 g/mol. The van der Waals surface area contributed by atoms with Crippen LogP contribution in [0.2, 0.25) is 0 Å². The Hall–Kier alpha value is -2.57. The number of ether oxygens (including phenoxy) is 1. The lowest BCUT2D eigenvalue weighted by atomic mass is 10.1. The summed E-state index contributed by atoms with van der Waals surface area (Å²) in [6.07, 6.45) is 0. The first-order valence-electron chi connectivity index (χ1n) is 10.8. The van der Waals surface area contributed by atoms with Gasteiger partial charge in [0.25, 0.3) is 0 Å². The Balaban J connectivity index is 1.87. The Morgan fingerprint density at radius 1 is 0.967 bits per heavy atom. The predicted octanol–water partition coefficient (Wildman–Crippen LogP) is 4.18. The number of nitrogens with one attached hydrogen (secondary N) is 2. The maximum Gasteiger partial charge on any atom is 0.319 e. The molecule has 0 unspecified atom stereocenters. The number of hydrogen-bond donors (Lipinski definition) is 2. The van der Waals surface area contributed by atoms with Crippen LogP contribution >= 0.6 is 0 Å². The van der Waals surface area contributed by atoms with E-state index in [1.807, 2.05) is 36.4 Å². The smallest absolute Gasteiger partial charge is 0.319 e. The molecular weight excluding hydrogens is 376 g/mol. The number of para-hydroxylation sites is 2. The predicted molar refractivity (Wildman–Crippen MR) is 124 cm³/mol. The number of anilines is 1. The third-order valence-corrected chi connectivity index (χ3v) is 5.13. The first kappa shape index (κ1) is 23.7. The van der Waals surface area contributed by atoms with Crippen molar-refractivity contribution in [3.8, 4) is 5.75 Å². The summed E-state index contributed by atoms with van der Waals surface area (Å²) in [6.45, 7) is 12.2. The zero-order valence-corrected chi connectivity index (χ0v) is 18.8. The lowest BCUT2D eigenvalue weighted by Crippen LogP contribution is -2.29. The van der Waals surface area contributed by atoms with E-state index in [0.717, 1.165) is 38.3 Å². The molecule has 0 saturated heterocycles. The van der Waals surface area contributed by atoms with Gasteiger partial charge in [-0.3, -0.25) is 0 Å². The molecule has 6 heteroatoms. The van der Waals surface area contributed by atoms with E-state index in [1.165, 1.54) is 5.56 Å². The minimum absolute atomic E-state index is 0.245. The SMILES string of the molecule is CCN(C)Cc1cccc(CNC(=O)Nc2ccccc2OCCN(CC)CC)c1. The number of carbonyl (C=O) groups is 1. The van der Waals surface area contributed by atoms with Crippen molar-refractivity contribution in [2.24, 2.45) is 0 Å². The third-order valence-electron chi connectivity index (χ3n) is 5.13. The zero-order chi connectivity index (χ0) is 21.8. The van der Waals surface area contributed by atoms with Crippen LogP contribution < -0.4 is 15.4 Å². The van der Waals surface area contributed by atoms with Crippen molar-refractivity contribution < 1.29 is 9.53 Å². The van der Waals surface area contributed by atoms with Crippen LogP contribution in [0.1, 0.15) is 31.9 Å². The fourth-order valence-corrected chi connectivity index (χ4v) is 3.13. The molecule has 0 saturated carbocycles. The highest BCUT2D eigenvalue weighted by Crippen LogP contribution is 2.23. The van der Waals surface area contributed by atoms with E-state index in [4.69, 9.17) is 4.74 Å². The van der Waals surface area contributed by atoms with Crippen molar-refractivity contribution in [1.82, 2.24) is 15.1 Å². The summed E-state index contributed by atoms with van der Waals surface area (Å²) >= 11 is 0. The lowest BCUT2D eigenvalue weighted by Gasteiger charge is -2.19. The second kappa shape index (κ2) is 12.9. The summed E-state index contributed by atoms with van der Waals surface area (Å²) in [7, 11) is 2.10. The largest absolute Gasteiger partial charge is 0.490 e. The van der Waals surface area contributed by atoms with Gasteiger partial charge in [-0.1, -0.05) is 57.2 Å². The highest BCUT2D eigenvalue weighted by atomic mass is 16.5. The number of benzene rings is 2. The van der Waals surface area contributed by atoms with Crippen LogP contribution in [0.15, 0.2) is 48.5 Å². The zero-order valence-electron chi connectivity index (χ0n) is 18.8. The number of nitrogens with zero attached hydrogens (tertiary/aromatic N) is 2. The maximum atomic E-state index is 12.4. The molecule has 0 aliphatic heterocycles. The highest BCUT2D eigenvalue weighted by Gasteiger charge is 2.08. The second-order valence-electron chi connectivity index (χ2n) is 7.33. The van der Waals surface area contributed by atoms with Gasteiger partial charge in [0.05, 0.1) is 5.69 Å².